The second kappa shape index (κ2) is 7.44. The summed E-state index contributed by atoms with van der Waals surface area (Å²) in [7, 11) is 0. The van der Waals surface area contributed by atoms with E-state index in [1.807, 2.05) is 35.7 Å². The highest BCUT2D eigenvalue weighted by Gasteiger charge is 2.16. The van der Waals surface area contributed by atoms with E-state index in [1.165, 1.54) is 4.88 Å². The smallest absolute Gasteiger partial charge is 0.315 e. The van der Waals surface area contributed by atoms with Gasteiger partial charge in [-0.3, -0.25) is 4.40 Å². The van der Waals surface area contributed by atoms with Gasteiger partial charge >= 0.3 is 6.03 Å². The van der Waals surface area contributed by atoms with Crippen LogP contribution in [0.25, 0.3) is 5.65 Å². The van der Waals surface area contributed by atoms with E-state index in [9.17, 15) is 4.79 Å². The Morgan fingerprint density at radius 2 is 2.12 bits per heavy atom. The minimum Gasteiger partial charge on any atom is -0.338 e. The first kappa shape index (κ1) is 16.4. The number of carbonyl (C=O) groups is 1. The average Bonchev–Trinajstić information content (AvgIpc) is 3.22. The average molecular weight is 343 g/mol. The number of hydrogen-bond donors (Lipinski definition) is 2. The third-order valence-corrected chi connectivity index (χ3v) is 4.71. The first-order chi connectivity index (χ1) is 11.6. The minimum atomic E-state index is -0.227. The molecule has 24 heavy (non-hydrogen) atoms. The van der Waals surface area contributed by atoms with Crippen LogP contribution in [-0.4, -0.2) is 27.2 Å². The molecule has 2 amide bonds. The number of rotatable bonds is 6. The van der Waals surface area contributed by atoms with Crippen LogP contribution in [-0.2, 0) is 6.42 Å². The fourth-order valence-electron chi connectivity index (χ4n) is 2.58. The van der Waals surface area contributed by atoms with Crippen LogP contribution < -0.4 is 10.6 Å². The van der Waals surface area contributed by atoms with Crippen LogP contribution in [0.1, 0.15) is 30.6 Å². The van der Waals surface area contributed by atoms with Crippen molar-refractivity contribution in [2.24, 2.45) is 5.92 Å². The molecule has 0 unspecified atom stereocenters. The van der Waals surface area contributed by atoms with Crippen molar-refractivity contribution < 1.29 is 4.79 Å². The summed E-state index contributed by atoms with van der Waals surface area (Å²) < 4.78 is 1.88. The zero-order valence-electron chi connectivity index (χ0n) is 13.8. The van der Waals surface area contributed by atoms with Crippen LogP contribution in [0.2, 0.25) is 0 Å². The molecular weight excluding hydrogens is 322 g/mol. The lowest BCUT2D eigenvalue weighted by Gasteiger charge is -2.15. The van der Waals surface area contributed by atoms with Crippen LogP contribution in [0.15, 0.2) is 41.9 Å². The predicted molar refractivity (Wildman–Crippen MR) is 95.1 cm³/mol. The van der Waals surface area contributed by atoms with Gasteiger partial charge in [0.05, 0.1) is 6.04 Å². The maximum Gasteiger partial charge on any atom is 0.315 e. The van der Waals surface area contributed by atoms with Gasteiger partial charge in [0.1, 0.15) is 0 Å². The Kier molecular flexibility index (Phi) is 5.10. The van der Waals surface area contributed by atoms with Crippen LogP contribution in [0.4, 0.5) is 4.79 Å². The predicted octanol–water partition coefficient (Wildman–Crippen LogP) is 3.03. The third kappa shape index (κ3) is 3.91. The molecule has 7 heteroatoms. The monoisotopic (exact) mass is 343 g/mol. The number of pyridine rings is 1. The Balaban J connectivity index is 1.51. The molecule has 3 heterocycles. The summed E-state index contributed by atoms with van der Waals surface area (Å²) >= 11 is 1.75. The van der Waals surface area contributed by atoms with E-state index in [-0.39, 0.29) is 12.1 Å². The molecule has 3 rings (SSSR count). The highest BCUT2D eigenvalue weighted by Crippen LogP contribution is 2.14. The molecule has 0 saturated heterocycles. The zero-order valence-corrected chi connectivity index (χ0v) is 14.6. The Bertz CT molecular complexity index is 798. The third-order valence-electron chi connectivity index (χ3n) is 3.82. The van der Waals surface area contributed by atoms with Crippen molar-refractivity contribution in [3.63, 3.8) is 0 Å². The molecule has 0 aliphatic heterocycles. The molecule has 2 N–H and O–H groups in total. The lowest BCUT2D eigenvalue weighted by atomic mass is 10.1. The summed E-state index contributed by atoms with van der Waals surface area (Å²) in [5.41, 5.74) is 0.770. The number of urea groups is 1. The normalized spacial score (nSPS) is 13.6. The summed E-state index contributed by atoms with van der Waals surface area (Å²) in [6.07, 6.45) is 2.87. The van der Waals surface area contributed by atoms with Gasteiger partial charge in [0, 0.05) is 17.6 Å². The number of thiophene rings is 1. The molecule has 0 aliphatic carbocycles. The van der Waals surface area contributed by atoms with Gasteiger partial charge in [-0.2, -0.15) is 0 Å². The largest absolute Gasteiger partial charge is 0.338 e. The van der Waals surface area contributed by atoms with Gasteiger partial charge in [-0.1, -0.05) is 19.1 Å². The first-order valence-electron chi connectivity index (χ1n) is 8.00. The topological polar surface area (TPSA) is 71.3 Å². The Labute approximate surface area is 144 Å². The molecule has 0 aromatic carbocycles. The number of hydrogen-bond acceptors (Lipinski definition) is 4. The molecule has 0 saturated carbocycles. The van der Waals surface area contributed by atoms with Crippen LogP contribution in [0.3, 0.4) is 0 Å². The van der Waals surface area contributed by atoms with E-state index in [4.69, 9.17) is 0 Å². The van der Waals surface area contributed by atoms with E-state index in [2.05, 4.69) is 45.3 Å². The van der Waals surface area contributed by atoms with Gasteiger partial charge in [-0.25, -0.2) is 4.79 Å². The van der Waals surface area contributed by atoms with Crippen molar-refractivity contribution in [2.45, 2.75) is 26.3 Å². The summed E-state index contributed by atoms with van der Waals surface area (Å²) in [4.78, 5) is 13.5. The van der Waals surface area contributed by atoms with Gasteiger partial charge in [-0.15, -0.1) is 21.5 Å². The van der Waals surface area contributed by atoms with Crippen molar-refractivity contribution in [1.82, 2.24) is 25.2 Å². The summed E-state index contributed by atoms with van der Waals surface area (Å²) in [5.74, 6) is 1.10. The number of nitrogens with zero attached hydrogens (tertiary/aromatic N) is 3. The van der Waals surface area contributed by atoms with Crippen molar-refractivity contribution in [3.05, 3.63) is 52.6 Å². The van der Waals surface area contributed by atoms with E-state index in [0.29, 0.717) is 18.3 Å². The van der Waals surface area contributed by atoms with Gasteiger partial charge in [0.25, 0.3) is 0 Å². The molecule has 0 radical (unpaired) electrons. The van der Waals surface area contributed by atoms with Crippen LogP contribution in [0, 0.1) is 5.92 Å². The minimum absolute atomic E-state index is 0.187. The summed E-state index contributed by atoms with van der Waals surface area (Å²) in [6, 6.07) is 9.47. The van der Waals surface area contributed by atoms with Gasteiger partial charge in [0.2, 0.25) is 0 Å². The van der Waals surface area contributed by atoms with Crippen molar-refractivity contribution in [2.75, 3.05) is 6.54 Å². The van der Waals surface area contributed by atoms with E-state index in [1.54, 1.807) is 11.3 Å². The lowest BCUT2D eigenvalue weighted by Crippen LogP contribution is -2.39. The van der Waals surface area contributed by atoms with Gasteiger partial charge in [0.15, 0.2) is 11.5 Å². The summed E-state index contributed by atoms with van der Waals surface area (Å²) in [6.45, 7) is 4.67. The maximum atomic E-state index is 12.1. The first-order valence-corrected chi connectivity index (χ1v) is 8.88. The second-order valence-electron chi connectivity index (χ2n) is 5.95. The zero-order chi connectivity index (χ0) is 16.9. The Morgan fingerprint density at radius 1 is 1.25 bits per heavy atom. The van der Waals surface area contributed by atoms with Gasteiger partial charge < -0.3 is 10.6 Å². The number of carbonyl (C=O) groups excluding carboxylic acids is 1. The number of fused-ring (bicyclic) bond motifs is 1. The van der Waals surface area contributed by atoms with Crippen LogP contribution in [0.5, 0.6) is 0 Å². The Morgan fingerprint density at radius 3 is 2.92 bits per heavy atom. The fourth-order valence-corrected chi connectivity index (χ4v) is 3.45. The molecule has 126 valence electrons. The highest BCUT2D eigenvalue weighted by atomic mass is 32.1. The molecule has 0 aliphatic rings. The van der Waals surface area contributed by atoms with Crippen molar-refractivity contribution in [1.29, 1.82) is 0 Å². The van der Waals surface area contributed by atoms with Crippen molar-refractivity contribution >= 4 is 23.0 Å². The number of amides is 2. The molecule has 2 atom stereocenters. The standard InChI is InChI=1S/C17H21N5OS/c1-12(10-14-6-5-9-24-14)11-18-17(23)19-13(2)16-21-20-15-7-3-4-8-22(15)16/h3-9,12-13H,10-11H2,1-2H3,(H2,18,19,23)/t12-,13-/m1/s1. The second-order valence-corrected chi connectivity index (χ2v) is 6.98. The molecule has 0 fully saturated rings. The Hall–Kier alpha value is -2.41. The number of aromatic nitrogens is 3. The summed E-state index contributed by atoms with van der Waals surface area (Å²) in [5, 5.41) is 16.2. The lowest BCUT2D eigenvalue weighted by molar-refractivity contribution is 0.235. The quantitative estimate of drug-likeness (QED) is 0.723. The molecule has 3 aromatic heterocycles. The van der Waals surface area contributed by atoms with Gasteiger partial charge in [-0.05, 0) is 42.8 Å². The SMILES string of the molecule is C[C@@H](CNC(=O)N[C@H](C)c1nnc2ccccn12)Cc1cccs1. The molecule has 6 nitrogen and oxygen atoms in total. The number of nitrogens with one attached hydrogen (secondary N) is 2. The van der Waals surface area contributed by atoms with Crippen LogP contribution >= 0.6 is 11.3 Å². The van der Waals surface area contributed by atoms with E-state index < -0.39 is 0 Å². The van der Waals surface area contributed by atoms with E-state index >= 15 is 0 Å². The maximum absolute atomic E-state index is 12.1. The van der Waals surface area contributed by atoms with E-state index in [0.717, 1.165) is 12.1 Å². The fraction of sp³-hybridized carbons (Fsp3) is 0.353. The molecule has 0 bridgehead atoms. The highest BCUT2D eigenvalue weighted by molar-refractivity contribution is 7.09. The molecule has 0 spiro atoms. The molecular formula is C17H21N5OS. The molecule has 3 aromatic rings. The van der Waals surface area contributed by atoms with Crippen molar-refractivity contribution in [3.8, 4) is 0 Å².